The first-order valence-electron chi connectivity index (χ1n) is 12.1. The topological polar surface area (TPSA) is 73.8 Å². The van der Waals surface area contributed by atoms with Gasteiger partial charge in [0.05, 0.1) is 15.1 Å². The Bertz CT molecular complexity index is 1230. The van der Waals surface area contributed by atoms with E-state index in [9.17, 15) is 13.2 Å². The van der Waals surface area contributed by atoms with Crippen molar-refractivity contribution in [2.75, 3.05) is 45.2 Å². The zero-order chi connectivity index (χ0) is 25.6. The zero-order valence-corrected chi connectivity index (χ0v) is 23.0. The lowest BCUT2D eigenvalue weighted by Gasteiger charge is -2.22. The fourth-order valence-electron chi connectivity index (χ4n) is 3.89. The molecule has 0 aliphatic carbocycles. The molecule has 7 nitrogen and oxygen atoms in total. The predicted octanol–water partition coefficient (Wildman–Crippen LogP) is 5.01. The van der Waals surface area contributed by atoms with E-state index < -0.39 is 10.0 Å². The summed E-state index contributed by atoms with van der Waals surface area (Å²) in [4.78, 5) is 22.3. The van der Waals surface area contributed by atoms with Crippen molar-refractivity contribution >= 4 is 42.6 Å². The van der Waals surface area contributed by atoms with Crippen LogP contribution in [0.15, 0.2) is 47.4 Å². The molecule has 0 aliphatic heterocycles. The first kappa shape index (κ1) is 27.3. The Morgan fingerprint density at radius 3 is 2.20 bits per heavy atom. The van der Waals surface area contributed by atoms with Gasteiger partial charge in [0.1, 0.15) is 0 Å². The molecule has 0 saturated heterocycles. The summed E-state index contributed by atoms with van der Waals surface area (Å²) in [6, 6.07) is 12.4. The highest BCUT2D eigenvalue weighted by molar-refractivity contribution is 7.89. The van der Waals surface area contributed by atoms with Gasteiger partial charge in [0.15, 0.2) is 5.13 Å². The molecule has 3 aromatic rings. The maximum atomic E-state index is 13.6. The van der Waals surface area contributed by atoms with Gasteiger partial charge in [-0.2, -0.15) is 4.31 Å². The van der Waals surface area contributed by atoms with Crippen molar-refractivity contribution in [2.45, 2.75) is 44.9 Å². The number of amides is 1. The van der Waals surface area contributed by atoms with E-state index in [1.807, 2.05) is 47.0 Å². The lowest BCUT2D eigenvalue weighted by molar-refractivity contribution is 0.0986. The van der Waals surface area contributed by atoms with Gasteiger partial charge in [0.2, 0.25) is 10.0 Å². The van der Waals surface area contributed by atoms with Crippen LogP contribution in [0.3, 0.4) is 0 Å². The summed E-state index contributed by atoms with van der Waals surface area (Å²) >= 11 is 1.50. The second kappa shape index (κ2) is 12.1. The lowest BCUT2D eigenvalue weighted by Crippen LogP contribution is -2.34. The van der Waals surface area contributed by atoms with Gasteiger partial charge in [-0.3, -0.25) is 9.69 Å². The molecule has 1 heterocycles. The zero-order valence-electron chi connectivity index (χ0n) is 21.3. The minimum absolute atomic E-state index is 0.178. The van der Waals surface area contributed by atoms with Crippen molar-refractivity contribution in [3.05, 3.63) is 53.6 Å². The average molecular weight is 517 g/mol. The van der Waals surface area contributed by atoms with Crippen molar-refractivity contribution in [3.8, 4) is 0 Å². The molecular weight excluding hydrogens is 480 g/mol. The van der Waals surface area contributed by atoms with Crippen LogP contribution < -0.4 is 4.90 Å². The molecule has 0 radical (unpaired) electrons. The largest absolute Gasteiger partial charge is 0.309 e. The van der Waals surface area contributed by atoms with E-state index in [4.69, 9.17) is 4.98 Å². The van der Waals surface area contributed by atoms with Crippen LogP contribution in [0.5, 0.6) is 0 Å². The third-order valence-corrected chi connectivity index (χ3v) is 8.63. The molecule has 3 rings (SSSR count). The molecule has 0 atom stereocenters. The third kappa shape index (κ3) is 6.67. The summed E-state index contributed by atoms with van der Waals surface area (Å²) in [5.74, 6) is -0.178. The van der Waals surface area contributed by atoms with Crippen molar-refractivity contribution < 1.29 is 13.2 Å². The fraction of sp³-hybridized carbons (Fsp3) is 0.462. The number of fused-ring (bicyclic) bond motifs is 1. The van der Waals surface area contributed by atoms with E-state index in [0.29, 0.717) is 30.3 Å². The minimum atomic E-state index is -3.59. The first-order valence-corrected chi connectivity index (χ1v) is 14.4. The average Bonchev–Trinajstić information content (AvgIpc) is 3.24. The number of aromatic nitrogens is 1. The monoisotopic (exact) mass is 516 g/mol. The molecule has 0 unspecified atom stereocenters. The molecule has 9 heteroatoms. The highest BCUT2D eigenvalue weighted by atomic mass is 32.2. The van der Waals surface area contributed by atoms with Gasteiger partial charge >= 0.3 is 0 Å². The van der Waals surface area contributed by atoms with Crippen LogP contribution in [0.4, 0.5) is 5.13 Å². The van der Waals surface area contributed by atoms with E-state index in [1.54, 1.807) is 29.2 Å². The number of benzene rings is 2. The van der Waals surface area contributed by atoms with Crippen LogP contribution >= 0.6 is 11.3 Å². The summed E-state index contributed by atoms with van der Waals surface area (Å²) in [6.45, 7) is 8.30. The maximum absolute atomic E-state index is 13.6. The van der Waals surface area contributed by atoms with Crippen LogP contribution in [0.1, 0.15) is 49.0 Å². The molecule has 0 aliphatic rings. The number of sulfonamides is 1. The number of carbonyl (C=O) groups is 1. The summed E-state index contributed by atoms with van der Waals surface area (Å²) in [7, 11) is 0.419. The van der Waals surface area contributed by atoms with Crippen molar-refractivity contribution in [1.29, 1.82) is 0 Å². The van der Waals surface area contributed by atoms with Gasteiger partial charge in [0.25, 0.3) is 5.91 Å². The van der Waals surface area contributed by atoms with Crippen molar-refractivity contribution in [3.63, 3.8) is 0 Å². The number of anilines is 1. The lowest BCUT2D eigenvalue weighted by atomic mass is 10.2. The standard InChI is InChI=1S/C26H36N4O3S2/c1-6-15-29(16-7-2)35(32,33)22-12-10-21(11-13-22)25(31)30(18-8-17-28(4)5)26-27-23-14-9-20(3)19-24(23)34-26/h9-14,19H,6-8,15-18H2,1-5H3. The number of hydrogen-bond acceptors (Lipinski definition) is 6. The highest BCUT2D eigenvalue weighted by Crippen LogP contribution is 2.31. The second-order valence-corrected chi connectivity index (χ2v) is 12.0. The van der Waals surface area contributed by atoms with E-state index in [-0.39, 0.29) is 10.8 Å². The third-order valence-electron chi connectivity index (χ3n) is 5.68. The summed E-state index contributed by atoms with van der Waals surface area (Å²) < 4.78 is 28.8. The van der Waals surface area contributed by atoms with Gasteiger partial charge in [-0.15, -0.1) is 0 Å². The number of thiazole rings is 1. The highest BCUT2D eigenvalue weighted by Gasteiger charge is 2.25. The van der Waals surface area contributed by atoms with Crippen molar-refractivity contribution in [1.82, 2.24) is 14.2 Å². The molecule has 190 valence electrons. The number of nitrogens with zero attached hydrogens (tertiary/aromatic N) is 4. The van der Waals surface area contributed by atoms with Crippen molar-refractivity contribution in [2.24, 2.45) is 0 Å². The van der Waals surface area contributed by atoms with Crippen LogP contribution in [0.2, 0.25) is 0 Å². The number of carbonyl (C=O) groups excluding carboxylic acids is 1. The Morgan fingerprint density at radius 1 is 0.943 bits per heavy atom. The first-order chi connectivity index (χ1) is 16.7. The Labute approximate surface area is 213 Å². The van der Waals surface area contributed by atoms with Gasteiger partial charge in [-0.1, -0.05) is 31.3 Å². The smallest absolute Gasteiger partial charge is 0.260 e. The molecule has 0 bridgehead atoms. The molecule has 1 aromatic heterocycles. The molecule has 35 heavy (non-hydrogen) atoms. The Balaban J connectivity index is 1.90. The SMILES string of the molecule is CCCN(CCC)S(=O)(=O)c1ccc(C(=O)N(CCCN(C)C)c2nc3ccc(C)cc3s2)cc1. The van der Waals surface area contributed by atoms with E-state index >= 15 is 0 Å². The van der Waals surface area contributed by atoms with Crippen LogP contribution in [-0.4, -0.2) is 68.8 Å². The quantitative estimate of drug-likeness (QED) is 0.338. The normalized spacial score (nSPS) is 12.1. The molecule has 1 amide bonds. The number of rotatable bonds is 12. The number of hydrogen-bond donors (Lipinski definition) is 0. The van der Waals surface area contributed by atoms with Crippen LogP contribution in [-0.2, 0) is 10.0 Å². The fourth-order valence-corrected chi connectivity index (χ4v) is 6.60. The molecule has 0 spiro atoms. The maximum Gasteiger partial charge on any atom is 0.260 e. The predicted molar refractivity (Wildman–Crippen MR) is 145 cm³/mol. The van der Waals surface area contributed by atoms with Gasteiger partial charge in [-0.25, -0.2) is 13.4 Å². The summed E-state index contributed by atoms with van der Waals surface area (Å²) in [6.07, 6.45) is 2.29. The Morgan fingerprint density at radius 2 is 1.60 bits per heavy atom. The molecule has 2 aromatic carbocycles. The summed E-state index contributed by atoms with van der Waals surface area (Å²) in [5, 5.41) is 0.656. The van der Waals surface area contributed by atoms with Crippen LogP contribution in [0, 0.1) is 6.92 Å². The van der Waals surface area contributed by atoms with Crippen LogP contribution in [0.25, 0.3) is 10.2 Å². The van der Waals surface area contributed by atoms with E-state index in [0.717, 1.165) is 41.6 Å². The Hall–Kier alpha value is -2.33. The van der Waals surface area contributed by atoms with E-state index in [1.165, 1.54) is 15.6 Å². The second-order valence-electron chi connectivity index (χ2n) is 9.01. The summed E-state index contributed by atoms with van der Waals surface area (Å²) in [5.41, 5.74) is 2.46. The van der Waals surface area contributed by atoms with Gasteiger partial charge < -0.3 is 4.90 Å². The Kier molecular flexibility index (Phi) is 9.40. The van der Waals surface area contributed by atoms with Gasteiger partial charge in [0, 0.05) is 25.2 Å². The van der Waals surface area contributed by atoms with E-state index in [2.05, 4.69) is 11.0 Å². The number of aryl methyl sites for hydroxylation is 1. The molecule has 0 fully saturated rings. The molecule has 0 N–H and O–H groups in total. The minimum Gasteiger partial charge on any atom is -0.309 e. The molecular formula is C26H36N4O3S2. The molecule has 0 saturated carbocycles. The van der Waals surface area contributed by atoms with Gasteiger partial charge in [-0.05, 0) is 88.8 Å².